The summed E-state index contributed by atoms with van der Waals surface area (Å²) in [6.45, 7) is 0. The average molecular weight is 298 g/mol. The zero-order chi connectivity index (χ0) is 15.7. The third kappa shape index (κ3) is 2.32. The molecule has 1 amide bonds. The number of imidazole rings is 1. The van der Waals surface area contributed by atoms with Crippen LogP contribution in [0, 0.1) is 0 Å². The summed E-state index contributed by atoms with van der Waals surface area (Å²) in [5, 5.41) is 0. The number of hydrogen-bond acceptors (Lipinski definition) is 5. The molecule has 0 spiro atoms. The molecule has 112 valence electrons. The zero-order valence-corrected chi connectivity index (χ0v) is 12.1. The van der Waals surface area contributed by atoms with Gasteiger partial charge in [0.15, 0.2) is 0 Å². The standard InChI is InChI=1S/C15H14N4O3/c1-21-12-5-9(15(16)20)3-4-10(12)11-7-19-8-17-14(22-2)6-13(19)18-11/h3-8H,1-2H3,(H2,16,20). The number of methoxy groups -OCH3 is 2. The van der Waals surface area contributed by atoms with Gasteiger partial charge in [-0.1, -0.05) is 0 Å². The van der Waals surface area contributed by atoms with E-state index < -0.39 is 5.91 Å². The Balaban J connectivity index is 2.12. The van der Waals surface area contributed by atoms with Crippen LogP contribution in [0.4, 0.5) is 0 Å². The van der Waals surface area contributed by atoms with E-state index in [1.54, 1.807) is 42.1 Å². The molecule has 3 rings (SSSR count). The smallest absolute Gasteiger partial charge is 0.248 e. The fraction of sp³-hybridized carbons (Fsp3) is 0.133. The van der Waals surface area contributed by atoms with Gasteiger partial charge in [0.1, 0.15) is 17.7 Å². The second-order valence-corrected chi connectivity index (χ2v) is 4.60. The molecule has 0 aliphatic heterocycles. The minimum absolute atomic E-state index is 0.382. The van der Waals surface area contributed by atoms with Crippen molar-refractivity contribution in [1.82, 2.24) is 14.4 Å². The number of ether oxygens (including phenoxy) is 2. The Morgan fingerprint density at radius 3 is 2.73 bits per heavy atom. The van der Waals surface area contributed by atoms with Gasteiger partial charge in [-0.2, -0.15) is 0 Å². The second kappa shape index (κ2) is 5.36. The van der Waals surface area contributed by atoms with Crippen LogP contribution in [-0.4, -0.2) is 34.5 Å². The first-order chi connectivity index (χ1) is 10.6. The number of carbonyl (C=O) groups is 1. The van der Waals surface area contributed by atoms with E-state index in [0.717, 1.165) is 5.56 Å². The highest BCUT2D eigenvalue weighted by Gasteiger charge is 2.13. The van der Waals surface area contributed by atoms with E-state index in [-0.39, 0.29) is 0 Å². The van der Waals surface area contributed by atoms with Crippen molar-refractivity contribution in [3.8, 4) is 22.9 Å². The molecule has 7 nitrogen and oxygen atoms in total. The molecular formula is C15H14N4O3. The Labute approximate surface area is 126 Å². The second-order valence-electron chi connectivity index (χ2n) is 4.60. The summed E-state index contributed by atoms with van der Waals surface area (Å²) in [6.07, 6.45) is 3.44. The summed E-state index contributed by atoms with van der Waals surface area (Å²) in [7, 11) is 3.08. The molecule has 0 aliphatic rings. The third-order valence-corrected chi connectivity index (χ3v) is 3.29. The van der Waals surface area contributed by atoms with Gasteiger partial charge in [-0.15, -0.1) is 0 Å². The predicted octanol–water partition coefficient (Wildman–Crippen LogP) is 1.51. The summed E-state index contributed by atoms with van der Waals surface area (Å²) >= 11 is 0. The Morgan fingerprint density at radius 1 is 1.23 bits per heavy atom. The predicted molar refractivity (Wildman–Crippen MR) is 80.0 cm³/mol. The van der Waals surface area contributed by atoms with Crippen molar-refractivity contribution in [3.63, 3.8) is 0 Å². The molecule has 0 saturated carbocycles. The van der Waals surface area contributed by atoms with E-state index in [4.69, 9.17) is 15.2 Å². The first-order valence-electron chi connectivity index (χ1n) is 6.49. The summed E-state index contributed by atoms with van der Waals surface area (Å²) in [6, 6.07) is 6.72. The van der Waals surface area contributed by atoms with E-state index >= 15 is 0 Å². The van der Waals surface area contributed by atoms with Crippen LogP contribution in [0.1, 0.15) is 10.4 Å². The minimum atomic E-state index is -0.506. The van der Waals surface area contributed by atoms with Gasteiger partial charge in [-0.3, -0.25) is 9.20 Å². The van der Waals surface area contributed by atoms with Crippen molar-refractivity contribution >= 4 is 11.6 Å². The maximum atomic E-state index is 11.3. The quantitative estimate of drug-likeness (QED) is 0.788. The number of nitrogens with two attached hydrogens (primary N) is 1. The van der Waals surface area contributed by atoms with Crippen LogP contribution in [0.25, 0.3) is 16.9 Å². The van der Waals surface area contributed by atoms with E-state index in [2.05, 4.69) is 9.97 Å². The lowest BCUT2D eigenvalue weighted by molar-refractivity contribution is 0.1000. The molecule has 0 bridgehead atoms. The van der Waals surface area contributed by atoms with Crippen molar-refractivity contribution < 1.29 is 14.3 Å². The van der Waals surface area contributed by atoms with Crippen LogP contribution in [0.3, 0.4) is 0 Å². The van der Waals surface area contributed by atoms with Crippen molar-refractivity contribution in [2.24, 2.45) is 5.73 Å². The van der Waals surface area contributed by atoms with E-state index in [1.165, 1.54) is 7.11 Å². The van der Waals surface area contributed by atoms with Gasteiger partial charge < -0.3 is 15.2 Å². The Hall–Kier alpha value is -3.09. The molecule has 0 unspecified atom stereocenters. The highest BCUT2D eigenvalue weighted by molar-refractivity contribution is 5.94. The lowest BCUT2D eigenvalue weighted by atomic mass is 10.1. The molecule has 0 aliphatic carbocycles. The minimum Gasteiger partial charge on any atom is -0.496 e. The van der Waals surface area contributed by atoms with Crippen LogP contribution in [0.2, 0.25) is 0 Å². The molecule has 2 heterocycles. The number of rotatable bonds is 4. The first-order valence-corrected chi connectivity index (χ1v) is 6.49. The molecular weight excluding hydrogens is 284 g/mol. The van der Waals surface area contributed by atoms with Crippen LogP contribution in [0.5, 0.6) is 11.6 Å². The molecule has 22 heavy (non-hydrogen) atoms. The molecule has 0 fully saturated rings. The number of nitrogens with zero attached hydrogens (tertiary/aromatic N) is 3. The number of aromatic nitrogens is 3. The Bertz CT molecular complexity index is 857. The van der Waals surface area contributed by atoms with Gasteiger partial charge in [0.05, 0.1) is 19.9 Å². The van der Waals surface area contributed by atoms with Crippen LogP contribution >= 0.6 is 0 Å². The number of fused-ring (bicyclic) bond motifs is 1. The lowest BCUT2D eigenvalue weighted by Gasteiger charge is -2.07. The summed E-state index contributed by atoms with van der Waals surface area (Å²) in [5.74, 6) is 0.508. The van der Waals surface area contributed by atoms with Crippen molar-refractivity contribution in [1.29, 1.82) is 0 Å². The fourth-order valence-corrected chi connectivity index (χ4v) is 2.17. The van der Waals surface area contributed by atoms with Crippen molar-refractivity contribution in [2.75, 3.05) is 14.2 Å². The summed E-state index contributed by atoms with van der Waals surface area (Å²) in [4.78, 5) is 19.9. The average Bonchev–Trinajstić information content (AvgIpc) is 2.96. The monoisotopic (exact) mass is 298 g/mol. The molecule has 2 N–H and O–H groups in total. The number of amides is 1. The largest absolute Gasteiger partial charge is 0.496 e. The summed E-state index contributed by atoms with van der Waals surface area (Å²) in [5.41, 5.74) is 7.82. The molecule has 0 radical (unpaired) electrons. The molecule has 0 atom stereocenters. The lowest BCUT2D eigenvalue weighted by Crippen LogP contribution is -2.10. The van der Waals surface area contributed by atoms with Crippen molar-refractivity contribution in [3.05, 3.63) is 42.4 Å². The number of carbonyl (C=O) groups excluding carboxylic acids is 1. The molecule has 7 heteroatoms. The van der Waals surface area contributed by atoms with Gasteiger partial charge >= 0.3 is 0 Å². The highest BCUT2D eigenvalue weighted by Crippen LogP contribution is 2.30. The van der Waals surface area contributed by atoms with Crippen molar-refractivity contribution in [2.45, 2.75) is 0 Å². The topological polar surface area (TPSA) is 91.7 Å². The normalized spacial score (nSPS) is 10.6. The third-order valence-electron chi connectivity index (χ3n) is 3.29. The van der Waals surface area contributed by atoms with E-state index in [9.17, 15) is 4.79 Å². The molecule has 0 saturated heterocycles. The van der Waals surface area contributed by atoms with Crippen LogP contribution < -0.4 is 15.2 Å². The van der Waals surface area contributed by atoms with Crippen LogP contribution in [-0.2, 0) is 0 Å². The van der Waals surface area contributed by atoms with E-state index in [0.29, 0.717) is 28.5 Å². The van der Waals surface area contributed by atoms with Gasteiger partial charge in [0.2, 0.25) is 11.8 Å². The fourth-order valence-electron chi connectivity index (χ4n) is 2.17. The van der Waals surface area contributed by atoms with Gasteiger partial charge in [-0.25, -0.2) is 9.97 Å². The zero-order valence-electron chi connectivity index (χ0n) is 12.1. The maximum Gasteiger partial charge on any atom is 0.248 e. The Morgan fingerprint density at radius 2 is 2.05 bits per heavy atom. The molecule has 3 aromatic rings. The van der Waals surface area contributed by atoms with Crippen LogP contribution in [0.15, 0.2) is 36.8 Å². The number of primary amides is 1. The van der Waals surface area contributed by atoms with Gasteiger partial charge in [0, 0.05) is 23.4 Å². The molecule has 1 aromatic carbocycles. The van der Waals surface area contributed by atoms with E-state index in [1.807, 2.05) is 6.20 Å². The van der Waals surface area contributed by atoms with Gasteiger partial charge in [0.25, 0.3) is 0 Å². The maximum absolute atomic E-state index is 11.3. The summed E-state index contributed by atoms with van der Waals surface area (Å²) < 4.78 is 12.2. The van der Waals surface area contributed by atoms with Gasteiger partial charge in [-0.05, 0) is 18.2 Å². The Kier molecular flexibility index (Phi) is 3.38. The SMILES string of the molecule is COc1cc2nc(-c3ccc(C(N)=O)cc3OC)cn2cn1. The first kappa shape index (κ1) is 13.9. The molecule has 2 aromatic heterocycles. The number of benzene rings is 1. The highest BCUT2D eigenvalue weighted by atomic mass is 16.5. The number of hydrogen-bond donors (Lipinski definition) is 1.